The molecule has 19 heavy (non-hydrogen) atoms. The van der Waals surface area contributed by atoms with Gasteiger partial charge in [0.05, 0.1) is 8.07 Å². The maximum absolute atomic E-state index is 14.3. The third kappa shape index (κ3) is 6.14. The van der Waals surface area contributed by atoms with E-state index in [9.17, 15) is 4.39 Å². The molecule has 0 aliphatic rings. The zero-order chi connectivity index (χ0) is 15.5. The Bertz CT molecular complexity index is 327. The van der Waals surface area contributed by atoms with E-state index in [1.807, 2.05) is 6.26 Å². The summed E-state index contributed by atoms with van der Waals surface area (Å²) in [5, 5.41) is 0.189. The lowest BCUT2D eigenvalue weighted by atomic mass is 10.2. The smallest absolute Gasteiger partial charge is 0.191 e. The van der Waals surface area contributed by atoms with E-state index in [1.165, 1.54) is 0 Å². The van der Waals surface area contributed by atoms with Crippen LogP contribution in [0.2, 0.25) is 37.8 Å². The fourth-order valence-electron chi connectivity index (χ4n) is 1.55. The molecular formula is C14H31FOSSi2. The number of thioether (sulfide) groups is 1. The highest BCUT2D eigenvalue weighted by Gasteiger charge is 2.37. The van der Waals surface area contributed by atoms with Crippen LogP contribution in [-0.2, 0) is 4.43 Å². The van der Waals surface area contributed by atoms with Crippen molar-refractivity contribution in [2.45, 2.75) is 65.0 Å². The van der Waals surface area contributed by atoms with Crippen LogP contribution in [0.4, 0.5) is 4.39 Å². The molecule has 0 aromatic heterocycles. The predicted molar refractivity (Wildman–Crippen MR) is 92.8 cm³/mol. The molecule has 0 fully saturated rings. The highest BCUT2D eigenvalue weighted by Crippen LogP contribution is 2.37. The summed E-state index contributed by atoms with van der Waals surface area (Å²) in [7, 11) is -3.31. The highest BCUT2D eigenvalue weighted by atomic mass is 32.2. The predicted octanol–water partition coefficient (Wildman–Crippen LogP) is 5.82. The Morgan fingerprint density at radius 2 is 1.58 bits per heavy atom. The van der Waals surface area contributed by atoms with E-state index in [1.54, 1.807) is 11.8 Å². The molecule has 0 aliphatic carbocycles. The van der Waals surface area contributed by atoms with Gasteiger partial charge in [-0.25, -0.2) is 4.39 Å². The van der Waals surface area contributed by atoms with E-state index in [4.69, 9.17) is 4.43 Å². The number of hydrogen-bond donors (Lipinski definition) is 0. The second-order valence-electron chi connectivity index (χ2n) is 7.55. The number of hydrogen-bond acceptors (Lipinski definition) is 2. The average Bonchev–Trinajstić information content (AvgIpc) is 2.13. The summed E-state index contributed by atoms with van der Waals surface area (Å²) in [5.74, 6) is 0.0466. The van der Waals surface area contributed by atoms with Crippen molar-refractivity contribution in [3.05, 3.63) is 10.4 Å². The van der Waals surface area contributed by atoms with E-state index in [2.05, 4.69) is 53.5 Å². The number of rotatable bonds is 6. The Hall–Kier alpha value is 0.414. The van der Waals surface area contributed by atoms with Crippen molar-refractivity contribution in [2.24, 2.45) is 0 Å². The van der Waals surface area contributed by atoms with Gasteiger partial charge in [-0.15, -0.1) is 11.8 Å². The van der Waals surface area contributed by atoms with E-state index >= 15 is 0 Å². The monoisotopic (exact) mass is 322 g/mol. The second kappa shape index (κ2) is 6.92. The first kappa shape index (κ1) is 19.4. The van der Waals surface area contributed by atoms with Gasteiger partial charge in [0, 0.05) is 17.6 Å². The first-order valence-corrected chi connectivity index (χ1v) is 14.5. The SMILES string of the molecule is CSC(=C(F)CCO[Si](C)(C)C(C)(C)C)[Si](C)(C)C. The van der Waals surface area contributed by atoms with Gasteiger partial charge in [0.15, 0.2) is 8.32 Å². The standard InChI is InChI=1S/C14H31FOSSi2/c1-14(2,3)19(8,9)16-11-10-12(15)13(17-4)18(5,6)7/h10-11H2,1-9H3. The third-order valence-electron chi connectivity index (χ3n) is 3.72. The van der Waals surface area contributed by atoms with Crippen LogP contribution < -0.4 is 0 Å². The molecule has 0 rings (SSSR count). The molecule has 0 atom stereocenters. The molecule has 0 amide bonds. The topological polar surface area (TPSA) is 9.23 Å². The lowest BCUT2D eigenvalue weighted by molar-refractivity contribution is 0.283. The zero-order valence-corrected chi connectivity index (χ0v) is 16.9. The minimum Gasteiger partial charge on any atom is -0.416 e. The molecular weight excluding hydrogens is 291 g/mol. The van der Waals surface area contributed by atoms with Crippen molar-refractivity contribution in [3.8, 4) is 0 Å². The van der Waals surface area contributed by atoms with Gasteiger partial charge in [-0.05, 0) is 24.4 Å². The summed E-state index contributed by atoms with van der Waals surface area (Å²) in [4.78, 5) is 0. The Morgan fingerprint density at radius 1 is 1.11 bits per heavy atom. The summed E-state index contributed by atoms with van der Waals surface area (Å²) < 4.78 is 21.3. The first-order valence-electron chi connectivity index (χ1n) is 6.90. The zero-order valence-electron chi connectivity index (χ0n) is 14.1. The fraction of sp³-hybridized carbons (Fsp3) is 0.857. The van der Waals surface area contributed by atoms with Gasteiger partial charge < -0.3 is 4.43 Å². The van der Waals surface area contributed by atoms with Crippen molar-refractivity contribution in [2.75, 3.05) is 12.9 Å². The van der Waals surface area contributed by atoms with Gasteiger partial charge >= 0.3 is 0 Å². The number of halogens is 1. The van der Waals surface area contributed by atoms with Crippen LogP contribution in [0.15, 0.2) is 10.4 Å². The van der Waals surface area contributed by atoms with Crippen LogP contribution in [0.1, 0.15) is 27.2 Å². The Kier molecular flexibility index (Phi) is 7.07. The van der Waals surface area contributed by atoms with Crippen molar-refractivity contribution in [1.82, 2.24) is 0 Å². The third-order valence-corrected chi connectivity index (χ3v) is 13.0. The fourth-order valence-corrected chi connectivity index (χ4v) is 6.31. The molecule has 0 radical (unpaired) electrons. The van der Waals surface area contributed by atoms with Crippen LogP contribution in [-0.4, -0.2) is 29.3 Å². The molecule has 1 nitrogen and oxygen atoms in total. The normalized spacial score (nSPS) is 15.5. The highest BCUT2D eigenvalue weighted by molar-refractivity contribution is 8.04. The van der Waals surface area contributed by atoms with Crippen molar-refractivity contribution < 1.29 is 8.82 Å². The van der Waals surface area contributed by atoms with Gasteiger partial charge in [-0.3, -0.25) is 0 Å². The largest absolute Gasteiger partial charge is 0.416 e. The molecule has 0 aromatic carbocycles. The van der Waals surface area contributed by atoms with Gasteiger partial charge in [0.2, 0.25) is 0 Å². The van der Waals surface area contributed by atoms with Gasteiger partial charge in [-0.2, -0.15) is 0 Å². The second-order valence-corrected chi connectivity index (χ2v) is 18.5. The Balaban J connectivity index is 4.63. The summed E-state index contributed by atoms with van der Waals surface area (Å²) >= 11 is 1.57. The molecule has 0 aliphatic heterocycles. The van der Waals surface area contributed by atoms with Crippen LogP contribution in [0.25, 0.3) is 0 Å². The minimum absolute atomic E-state index is 0.0466. The quantitative estimate of drug-likeness (QED) is 0.570. The van der Waals surface area contributed by atoms with Gasteiger partial charge in [-0.1, -0.05) is 40.4 Å². The Morgan fingerprint density at radius 3 is 1.89 bits per heavy atom. The van der Waals surface area contributed by atoms with E-state index in [0.29, 0.717) is 13.0 Å². The van der Waals surface area contributed by atoms with Gasteiger partial charge in [0.25, 0.3) is 0 Å². The summed E-state index contributed by atoms with van der Waals surface area (Å²) in [6, 6.07) is 0. The average molecular weight is 323 g/mol. The molecule has 114 valence electrons. The molecule has 0 N–H and O–H groups in total. The van der Waals surface area contributed by atoms with Crippen LogP contribution >= 0.6 is 11.8 Å². The van der Waals surface area contributed by atoms with E-state index in [-0.39, 0.29) is 10.9 Å². The summed E-state index contributed by atoms with van der Waals surface area (Å²) in [5.41, 5.74) is 0. The minimum atomic E-state index is -1.75. The molecule has 0 unspecified atom stereocenters. The van der Waals surface area contributed by atoms with Gasteiger partial charge in [0.1, 0.15) is 5.83 Å². The van der Waals surface area contributed by atoms with Crippen molar-refractivity contribution in [3.63, 3.8) is 0 Å². The summed E-state index contributed by atoms with van der Waals surface area (Å²) in [6.07, 6.45) is 2.40. The lowest BCUT2D eigenvalue weighted by Crippen LogP contribution is -2.41. The van der Waals surface area contributed by atoms with Crippen LogP contribution in [0.5, 0.6) is 0 Å². The maximum Gasteiger partial charge on any atom is 0.191 e. The molecule has 0 spiro atoms. The molecule has 0 heterocycles. The van der Waals surface area contributed by atoms with E-state index < -0.39 is 16.4 Å². The summed E-state index contributed by atoms with van der Waals surface area (Å²) in [6.45, 7) is 18.1. The molecule has 0 aromatic rings. The van der Waals surface area contributed by atoms with Crippen molar-refractivity contribution >= 4 is 28.2 Å². The maximum atomic E-state index is 14.3. The molecule has 0 saturated carbocycles. The van der Waals surface area contributed by atoms with E-state index in [0.717, 1.165) is 4.53 Å². The Labute approximate surface area is 125 Å². The lowest BCUT2D eigenvalue weighted by Gasteiger charge is -2.36. The van der Waals surface area contributed by atoms with Crippen molar-refractivity contribution in [1.29, 1.82) is 0 Å². The van der Waals surface area contributed by atoms with Crippen LogP contribution in [0.3, 0.4) is 0 Å². The first-order chi connectivity index (χ1) is 8.33. The molecule has 5 heteroatoms. The molecule has 0 saturated heterocycles. The molecule has 0 bridgehead atoms. The van der Waals surface area contributed by atoms with Crippen LogP contribution in [0, 0.1) is 0 Å².